The second-order valence-corrected chi connectivity index (χ2v) is 3.60. The molecule has 102 valence electrons. The van der Waals surface area contributed by atoms with E-state index in [0.29, 0.717) is 12.1 Å². The maximum absolute atomic E-state index is 12.4. The average Bonchev–Trinajstić information content (AvgIpc) is 2.25. The lowest BCUT2D eigenvalue weighted by Gasteiger charge is -2.16. The number of rotatable bonds is 2. The van der Waals surface area contributed by atoms with Gasteiger partial charge in [-0.2, -0.15) is 26.3 Å². The Bertz CT molecular complexity index is 389. The van der Waals surface area contributed by atoms with Crippen LogP contribution >= 0.6 is 0 Å². The van der Waals surface area contributed by atoms with E-state index < -0.39 is 41.8 Å². The van der Waals surface area contributed by atoms with E-state index in [1.807, 2.05) is 0 Å². The number of nitrogens with two attached hydrogens (primary N) is 1. The molecule has 0 bridgehead atoms. The molecule has 1 aromatic rings. The van der Waals surface area contributed by atoms with Crippen LogP contribution in [0.15, 0.2) is 18.2 Å². The molecule has 0 aliphatic heterocycles. The van der Waals surface area contributed by atoms with E-state index >= 15 is 0 Å². The topological polar surface area (TPSA) is 26.0 Å². The zero-order valence-electron chi connectivity index (χ0n) is 8.74. The Balaban J connectivity index is 3.39. The van der Waals surface area contributed by atoms with Crippen LogP contribution in [0.3, 0.4) is 0 Å². The summed E-state index contributed by atoms with van der Waals surface area (Å²) in [5.41, 5.74) is 1.56. The molecule has 0 radical (unpaired) electrons. The first-order chi connectivity index (χ1) is 8.05. The Labute approximate surface area is 97.4 Å². The third kappa shape index (κ3) is 3.34. The van der Waals surface area contributed by atoms with Crippen molar-refractivity contribution in [3.8, 4) is 0 Å². The average molecular weight is 275 g/mol. The van der Waals surface area contributed by atoms with Crippen LogP contribution < -0.4 is 5.73 Å². The largest absolute Gasteiger partial charge is 0.416 e. The Morgan fingerprint density at radius 2 is 1.28 bits per heavy atom. The fourth-order valence-electron chi connectivity index (χ4n) is 1.28. The van der Waals surface area contributed by atoms with Crippen LogP contribution in [0.5, 0.6) is 0 Å². The summed E-state index contributed by atoms with van der Waals surface area (Å²) in [4.78, 5) is 0. The van der Waals surface area contributed by atoms with Gasteiger partial charge in [0.2, 0.25) is 0 Å². The zero-order chi connectivity index (χ0) is 14.1. The lowest BCUT2D eigenvalue weighted by Crippen LogP contribution is -2.17. The summed E-state index contributed by atoms with van der Waals surface area (Å²) in [5.74, 6) is 0. The van der Waals surface area contributed by atoms with Gasteiger partial charge in [-0.05, 0) is 23.8 Å². The molecule has 0 heterocycles. The van der Waals surface area contributed by atoms with E-state index in [-0.39, 0.29) is 6.07 Å². The first-order valence-corrected chi connectivity index (χ1v) is 4.66. The van der Waals surface area contributed by atoms with Crippen LogP contribution in [0.1, 0.15) is 22.7 Å². The molecule has 18 heavy (non-hydrogen) atoms. The van der Waals surface area contributed by atoms with Gasteiger partial charge in [-0.25, -0.2) is 4.39 Å². The number of halogens is 7. The third-order valence-corrected chi connectivity index (χ3v) is 2.20. The molecule has 0 saturated carbocycles. The predicted molar refractivity (Wildman–Crippen MR) is 49.3 cm³/mol. The molecule has 1 aromatic carbocycles. The Morgan fingerprint density at radius 3 is 1.56 bits per heavy atom. The minimum atomic E-state index is -4.95. The summed E-state index contributed by atoms with van der Waals surface area (Å²) in [6.45, 7) is -1.25. The SMILES string of the molecule is N[C@H](CF)c1cc(C(F)(F)F)cc(C(F)(F)F)c1. The first-order valence-electron chi connectivity index (χ1n) is 4.66. The molecule has 2 N–H and O–H groups in total. The predicted octanol–water partition coefficient (Wildman–Crippen LogP) is 3.69. The van der Waals surface area contributed by atoms with E-state index in [9.17, 15) is 30.7 Å². The van der Waals surface area contributed by atoms with Crippen molar-refractivity contribution in [3.05, 3.63) is 34.9 Å². The molecule has 0 aromatic heterocycles. The molecule has 1 nitrogen and oxygen atoms in total. The summed E-state index contributed by atoms with van der Waals surface area (Å²) >= 11 is 0. The summed E-state index contributed by atoms with van der Waals surface area (Å²) in [7, 11) is 0. The van der Waals surface area contributed by atoms with Crippen molar-refractivity contribution in [2.45, 2.75) is 18.4 Å². The molecular weight excluding hydrogens is 267 g/mol. The van der Waals surface area contributed by atoms with E-state index in [1.54, 1.807) is 0 Å². The van der Waals surface area contributed by atoms with Crippen molar-refractivity contribution < 1.29 is 30.7 Å². The lowest BCUT2D eigenvalue weighted by atomic mass is 10.0. The second kappa shape index (κ2) is 4.75. The molecule has 0 aliphatic rings. The molecule has 0 saturated heterocycles. The van der Waals surface area contributed by atoms with Crippen molar-refractivity contribution in [1.29, 1.82) is 0 Å². The second-order valence-electron chi connectivity index (χ2n) is 3.60. The maximum atomic E-state index is 12.4. The summed E-state index contributed by atoms with van der Waals surface area (Å²) < 4.78 is 86.7. The smallest absolute Gasteiger partial charge is 0.322 e. The third-order valence-electron chi connectivity index (χ3n) is 2.20. The Hall–Kier alpha value is -1.31. The molecule has 8 heteroatoms. The van der Waals surface area contributed by atoms with Crippen LogP contribution in [-0.2, 0) is 12.4 Å². The first kappa shape index (κ1) is 14.7. The number of alkyl halides is 7. The van der Waals surface area contributed by atoms with E-state index in [0.717, 1.165) is 0 Å². The van der Waals surface area contributed by atoms with Crippen LogP contribution in [0, 0.1) is 0 Å². The van der Waals surface area contributed by atoms with E-state index in [4.69, 9.17) is 5.73 Å². The summed E-state index contributed by atoms with van der Waals surface area (Å²) in [6.07, 6.45) is -9.90. The molecule has 0 unspecified atom stereocenters. The van der Waals surface area contributed by atoms with Crippen molar-refractivity contribution in [3.63, 3.8) is 0 Å². The van der Waals surface area contributed by atoms with Crippen molar-refractivity contribution in [1.82, 2.24) is 0 Å². The van der Waals surface area contributed by atoms with Gasteiger partial charge in [0.05, 0.1) is 17.2 Å². The van der Waals surface area contributed by atoms with Gasteiger partial charge in [0.25, 0.3) is 0 Å². The highest BCUT2D eigenvalue weighted by molar-refractivity contribution is 5.35. The fourth-order valence-corrected chi connectivity index (χ4v) is 1.28. The van der Waals surface area contributed by atoms with Gasteiger partial charge in [-0.1, -0.05) is 0 Å². The molecule has 1 rings (SSSR count). The van der Waals surface area contributed by atoms with E-state index in [2.05, 4.69) is 0 Å². The molecule has 1 atom stereocenters. The van der Waals surface area contributed by atoms with Gasteiger partial charge in [0, 0.05) is 0 Å². The van der Waals surface area contributed by atoms with Crippen molar-refractivity contribution in [2.24, 2.45) is 5.73 Å². The Kier molecular flexibility index (Phi) is 3.89. The highest BCUT2D eigenvalue weighted by Gasteiger charge is 2.37. The van der Waals surface area contributed by atoms with Gasteiger partial charge < -0.3 is 5.73 Å². The summed E-state index contributed by atoms with van der Waals surface area (Å²) in [6, 6.07) is -0.721. The Morgan fingerprint density at radius 1 is 0.889 bits per heavy atom. The van der Waals surface area contributed by atoms with Gasteiger partial charge in [-0.3, -0.25) is 0 Å². The van der Waals surface area contributed by atoms with Gasteiger partial charge in [0.1, 0.15) is 6.67 Å². The lowest BCUT2D eigenvalue weighted by molar-refractivity contribution is -0.143. The van der Waals surface area contributed by atoms with Gasteiger partial charge in [-0.15, -0.1) is 0 Å². The standard InChI is InChI=1S/C10H8F7N/c11-4-8(18)5-1-6(9(12,13)14)3-7(2-5)10(15,16)17/h1-3,8H,4,18H2/t8-/m1/s1. The van der Waals surface area contributed by atoms with Crippen LogP contribution in [0.4, 0.5) is 30.7 Å². The zero-order valence-corrected chi connectivity index (χ0v) is 8.74. The van der Waals surface area contributed by atoms with Crippen molar-refractivity contribution >= 4 is 0 Å². The van der Waals surface area contributed by atoms with Crippen LogP contribution in [-0.4, -0.2) is 6.67 Å². The van der Waals surface area contributed by atoms with Gasteiger partial charge in [0.15, 0.2) is 0 Å². The highest BCUT2D eigenvalue weighted by atomic mass is 19.4. The quantitative estimate of drug-likeness (QED) is 0.818. The normalized spacial score (nSPS) is 14.7. The van der Waals surface area contributed by atoms with Crippen LogP contribution in [0.2, 0.25) is 0 Å². The monoisotopic (exact) mass is 275 g/mol. The molecule has 0 fully saturated rings. The van der Waals surface area contributed by atoms with Crippen molar-refractivity contribution in [2.75, 3.05) is 6.67 Å². The minimum absolute atomic E-state index is 0.0333. The number of hydrogen-bond donors (Lipinski definition) is 1. The minimum Gasteiger partial charge on any atom is -0.322 e. The summed E-state index contributed by atoms with van der Waals surface area (Å²) in [5, 5.41) is 0. The molecule has 0 spiro atoms. The molecular formula is C10H8F7N. The van der Waals surface area contributed by atoms with Crippen LogP contribution in [0.25, 0.3) is 0 Å². The maximum Gasteiger partial charge on any atom is 0.416 e. The number of benzene rings is 1. The molecule has 0 aliphatic carbocycles. The molecule has 0 amide bonds. The highest BCUT2D eigenvalue weighted by Crippen LogP contribution is 2.37. The van der Waals surface area contributed by atoms with Gasteiger partial charge >= 0.3 is 12.4 Å². The number of hydrogen-bond acceptors (Lipinski definition) is 1. The van der Waals surface area contributed by atoms with E-state index in [1.165, 1.54) is 0 Å². The fraction of sp³-hybridized carbons (Fsp3) is 0.400.